The molecule has 2 aliphatic heterocycles. The zero-order chi connectivity index (χ0) is 15.0. The fourth-order valence-corrected chi connectivity index (χ4v) is 2.97. The van der Waals surface area contributed by atoms with Crippen molar-refractivity contribution in [3.63, 3.8) is 0 Å². The number of amidine groups is 1. The lowest BCUT2D eigenvalue weighted by molar-refractivity contribution is -0.0351. The summed E-state index contributed by atoms with van der Waals surface area (Å²) in [5.74, 6) is 1.15. The van der Waals surface area contributed by atoms with Crippen molar-refractivity contribution in [1.82, 2.24) is 10.0 Å². The summed E-state index contributed by atoms with van der Waals surface area (Å²) in [7, 11) is 0. The van der Waals surface area contributed by atoms with Crippen molar-refractivity contribution >= 4 is 22.6 Å². The van der Waals surface area contributed by atoms with E-state index in [1.807, 2.05) is 12.1 Å². The lowest BCUT2D eigenvalue weighted by Gasteiger charge is -2.23. The van der Waals surface area contributed by atoms with Gasteiger partial charge in [0.2, 0.25) is 0 Å². The van der Waals surface area contributed by atoms with E-state index in [2.05, 4.69) is 36.8 Å². The lowest BCUT2D eigenvalue weighted by atomic mass is 9.91. The van der Waals surface area contributed by atoms with Crippen LogP contribution in [-0.2, 0) is 10.3 Å². The van der Waals surface area contributed by atoms with E-state index in [1.165, 1.54) is 0 Å². The van der Waals surface area contributed by atoms with Crippen LogP contribution >= 0.6 is 11.8 Å². The molecule has 0 spiro atoms. The van der Waals surface area contributed by atoms with Crippen molar-refractivity contribution in [1.29, 1.82) is 5.26 Å². The Balaban J connectivity index is 1.99. The van der Waals surface area contributed by atoms with Crippen molar-refractivity contribution in [3.05, 3.63) is 35.3 Å². The van der Waals surface area contributed by atoms with Crippen LogP contribution in [0.2, 0.25) is 0 Å². The van der Waals surface area contributed by atoms with E-state index >= 15 is 0 Å². The Kier molecular flexibility index (Phi) is 3.38. The van der Waals surface area contributed by atoms with Crippen LogP contribution in [0.3, 0.4) is 0 Å². The SMILES string of the molecule is CC(C)(C)c1ccc(C2=C(C#N)ON3CCSC3=N2)cn1. The quantitative estimate of drug-likeness (QED) is 0.798. The Morgan fingerprint density at radius 3 is 2.81 bits per heavy atom. The summed E-state index contributed by atoms with van der Waals surface area (Å²) in [5.41, 5.74) is 2.37. The first-order valence-electron chi connectivity index (χ1n) is 6.77. The molecule has 0 amide bonds. The lowest BCUT2D eigenvalue weighted by Crippen LogP contribution is -2.27. The summed E-state index contributed by atoms with van der Waals surface area (Å²) in [6, 6.07) is 6.01. The maximum Gasteiger partial charge on any atom is 0.258 e. The molecule has 1 fully saturated rings. The van der Waals surface area contributed by atoms with Crippen molar-refractivity contribution in [2.75, 3.05) is 12.3 Å². The first-order chi connectivity index (χ1) is 9.99. The predicted octanol–water partition coefficient (Wildman–Crippen LogP) is 2.92. The monoisotopic (exact) mass is 300 g/mol. The number of rotatable bonds is 1. The smallest absolute Gasteiger partial charge is 0.258 e. The zero-order valence-electron chi connectivity index (χ0n) is 12.3. The standard InChI is InChI=1S/C15H16N4OS/c1-15(2,3)12-5-4-10(9-17-12)13-11(8-16)20-19-6-7-21-14(19)18-13/h4-5,9H,6-7H2,1-3H3. The van der Waals surface area contributed by atoms with Gasteiger partial charge >= 0.3 is 0 Å². The number of aromatic nitrogens is 1. The van der Waals surface area contributed by atoms with Crippen LogP contribution in [0.15, 0.2) is 29.1 Å². The molecule has 0 bridgehead atoms. The van der Waals surface area contributed by atoms with Gasteiger partial charge in [-0.2, -0.15) is 10.3 Å². The molecule has 1 saturated heterocycles. The highest BCUT2D eigenvalue weighted by molar-refractivity contribution is 8.14. The number of nitriles is 1. The van der Waals surface area contributed by atoms with Gasteiger partial charge in [0.15, 0.2) is 5.17 Å². The highest BCUT2D eigenvalue weighted by Gasteiger charge is 2.29. The van der Waals surface area contributed by atoms with Gasteiger partial charge in [-0.3, -0.25) is 4.98 Å². The third kappa shape index (κ3) is 2.61. The predicted molar refractivity (Wildman–Crippen MR) is 83.2 cm³/mol. The summed E-state index contributed by atoms with van der Waals surface area (Å²) >= 11 is 1.63. The molecule has 6 heteroatoms. The molecule has 0 radical (unpaired) electrons. The van der Waals surface area contributed by atoms with E-state index in [4.69, 9.17) is 4.84 Å². The molecule has 0 aliphatic carbocycles. The molecular formula is C15H16N4OS. The number of fused-ring (bicyclic) bond motifs is 1. The average Bonchev–Trinajstić information content (AvgIpc) is 2.92. The first kappa shape index (κ1) is 14.0. The Labute approximate surface area is 128 Å². The number of hydroxylamine groups is 2. The maximum atomic E-state index is 9.27. The first-order valence-corrected chi connectivity index (χ1v) is 7.76. The molecule has 0 atom stereocenters. The molecule has 1 aromatic heterocycles. The fourth-order valence-electron chi connectivity index (χ4n) is 2.11. The molecular weight excluding hydrogens is 284 g/mol. The molecule has 108 valence electrons. The minimum atomic E-state index is -0.00195. The van der Waals surface area contributed by atoms with Crippen LogP contribution in [0.1, 0.15) is 32.0 Å². The van der Waals surface area contributed by atoms with E-state index in [0.29, 0.717) is 5.70 Å². The van der Waals surface area contributed by atoms with Gasteiger partial charge in [0.05, 0.1) is 6.54 Å². The van der Waals surface area contributed by atoms with Gasteiger partial charge in [-0.15, -0.1) is 0 Å². The van der Waals surface area contributed by atoms with Crippen molar-refractivity contribution in [2.24, 2.45) is 4.99 Å². The van der Waals surface area contributed by atoms with E-state index < -0.39 is 0 Å². The molecule has 0 aromatic carbocycles. The minimum Gasteiger partial charge on any atom is -0.364 e. The molecule has 2 aliphatic rings. The van der Waals surface area contributed by atoms with Gasteiger partial charge in [-0.1, -0.05) is 32.5 Å². The van der Waals surface area contributed by atoms with Crippen LogP contribution < -0.4 is 0 Å². The summed E-state index contributed by atoms with van der Waals surface area (Å²) in [6.45, 7) is 7.10. The van der Waals surface area contributed by atoms with Gasteiger partial charge in [0.1, 0.15) is 11.8 Å². The van der Waals surface area contributed by atoms with Gasteiger partial charge in [0, 0.05) is 28.6 Å². The van der Waals surface area contributed by atoms with E-state index in [9.17, 15) is 5.26 Å². The van der Waals surface area contributed by atoms with Gasteiger partial charge in [-0.05, 0) is 12.1 Å². The largest absolute Gasteiger partial charge is 0.364 e. The van der Waals surface area contributed by atoms with E-state index in [0.717, 1.165) is 28.7 Å². The number of nitrogens with zero attached hydrogens (tertiary/aromatic N) is 4. The van der Waals surface area contributed by atoms with Crippen molar-refractivity contribution in [2.45, 2.75) is 26.2 Å². The third-order valence-electron chi connectivity index (χ3n) is 3.27. The summed E-state index contributed by atoms with van der Waals surface area (Å²) in [5, 5.41) is 11.8. The Morgan fingerprint density at radius 1 is 1.38 bits per heavy atom. The topological polar surface area (TPSA) is 61.5 Å². The van der Waals surface area contributed by atoms with Gasteiger partial charge in [0.25, 0.3) is 5.76 Å². The number of hydrogen-bond acceptors (Lipinski definition) is 6. The summed E-state index contributed by atoms with van der Waals surface area (Å²) in [6.07, 6.45) is 1.76. The highest BCUT2D eigenvalue weighted by Crippen LogP contribution is 2.32. The number of pyridine rings is 1. The van der Waals surface area contributed by atoms with E-state index in [1.54, 1.807) is 23.0 Å². The Morgan fingerprint density at radius 2 is 2.19 bits per heavy atom. The second kappa shape index (κ2) is 5.08. The molecule has 0 unspecified atom stereocenters. The number of allylic oxidation sites excluding steroid dienone is 1. The average molecular weight is 300 g/mol. The fraction of sp³-hybridized carbons (Fsp3) is 0.400. The Bertz CT molecular complexity index is 664. The summed E-state index contributed by atoms with van der Waals surface area (Å²) < 4.78 is 0. The van der Waals surface area contributed by atoms with Crippen LogP contribution in [0, 0.1) is 11.3 Å². The Hall–Kier alpha value is -2.00. The highest BCUT2D eigenvalue weighted by atomic mass is 32.2. The maximum absolute atomic E-state index is 9.27. The number of thioether (sulfide) groups is 1. The van der Waals surface area contributed by atoms with Crippen molar-refractivity contribution in [3.8, 4) is 6.07 Å². The van der Waals surface area contributed by atoms with Crippen LogP contribution in [0.25, 0.3) is 5.70 Å². The minimum absolute atomic E-state index is 0.00195. The van der Waals surface area contributed by atoms with Crippen LogP contribution in [0.5, 0.6) is 0 Å². The molecule has 0 N–H and O–H groups in total. The van der Waals surface area contributed by atoms with Gasteiger partial charge < -0.3 is 4.84 Å². The number of aliphatic imine (C=N–C) groups is 1. The van der Waals surface area contributed by atoms with Crippen LogP contribution in [-0.4, -0.2) is 27.5 Å². The number of hydrogen-bond donors (Lipinski definition) is 0. The second-order valence-electron chi connectivity index (χ2n) is 5.91. The molecule has 21 heavy (non-hydrogen) atoms. The van der Waals surface area contributed by atoms with Gasteiger partial charge in [-0.25, -0.2) is 4.99 Å². The second-order valence-corrected chi connectivity index (χ2v) is 6.97. The normalized spacial score (nSPS) is 18.0. The van der Waals surface area contributed by atoms with E-state index in [-0.39, 0.29) is 11.2 Å². The molecule has 0 saturated carbocycles. The van der Waals surface area contributed by atoms with Crippen molar-refractivity contribution < 1.29 is 4.84 Å². The molecule has 3 heterocycles. The molecule has 1 aromatic rings. The molecule has 3 rings (SSSR count). The third-order valence-corrected chi connectivity index (χ3v) is 4.21. The zero-order valence-corrected chi connectivity index (χ0v) is 13.1. The molecule has 5 nitrogen and oxygen atoms in total. The summed E-state index contributed by atoms with van der Waals surface area (Å²) in [4.78, 5) is 14.6. The van der Waals surface area contributed by atoms with Crippen LogP contribution in [0.4, 0.5) is 0 Å².